The van der Waals surface area contributed by atoms with Crippen molar-refractivity contribution in [1.82, 2.24) is 0 Å². The average molecular weight is 743 g/mol. The van der Waals surface area contributed by atoms with Crippen molar-refractivity contribution in [2.45, 2.75) is 115 Å². The Balaban J connectivity index is 2.16. The number of hydrogen-bond acceptors (Lipinski definition) is 18. The third-order valence-corrected chi connectivity index (χ3v) is 8.60. The summed E-state index contributed by atoms with van der Waals surface area (Å²) in [7, 11) is 0. The minimum absolute atomic E-state index is 0.0353. The summed E-state index contributed by atoms with van der Waals surface area (Å²) in [5, 5.41) is -1.17. The highest BCUT2D eigenvalue weighted by Gasteiger charge is 2.57. The van der Waals surface area contributed by atoms with Gasteiger partial charge in [0.05, 0.1) is 11.9 Å². The smallest absolute Gasteiger partial charge is 0.303 e. The van der Waals surface area contributed by atoms with E-state index in [0.29, 0.717) is 0 Å². The fourth-order valence-electron chi connectivity index (χ4n) is 5.36. The second kappa shape index (κ2) is 19.4. The van der Waals surface area contributed by atoms with Crippen molar-refractivity contribution < 1.29 is 80.9 Å². The molecule has 2 heterocycles. The molecule has 1 aromatic rings. The summed E-state index contributed by atoms with van der Waals surface area (Å²) < 4.78 is 57.0. The molecule has 0 amide bonds. The van der Waals surface area contributed by atoms with Gasteiger partial charge in [0.1, 0.15) is 30.9 Å². The highest BCUT2D eigenvalue weighted by atomic mass is 32.2. The summed E-state index contributed by atoms with van der Waals surface area (Å²) in [6.45, 7) is 6.86. The molecule has 0 bridgehead atoms. The van der Waals surface area contributed by atoms with Crippen LogP contribution in [0.4, 0.5) is 0 Å². The molecule has 282 valence electrons. The van der Waals surface area contributed by atoms with Crippen molar-refractivity contribution in [3.63, 3.8) is 0 Å². The van der Waals surface area contributed by atoms with Gasteiger partial charge >= 0.3 is 41.8 Å². The molecule has 0 spiro atoms. The molecule has 1 aromatic carbocycles. The summed E-state index contributed by atoms with van der Waals surface area (Å²) in [5.74, 6) is -5.43. The molecule has 2 aliphatic heterocycles. The quantitative estimate of drug-likeness (QED) is 0.195. The molecule has 2 fully saturated rings. The highest BCUT2D eigenvalue weighted by molar-refractivity contribution is 8.00. The van der Waals surface area contributed by atoms with E-state index >= 15 is 0 Å². The monoisotopic (exact) mass is 742 g/mol. The van der Waals surface area contributed by atoms with Crippen LogP contribution in [0.15, 0.2) is 30.3 Å². The van der Waals surface area contributed by atoms with E-state index in [1.54, 1.807) is 30.3 Å². The van der Waals surface area contributed by atoms with Gasteiger partial charge in [-0.3, -0.25) is 33.6 Å². The van der Waals surface area contributed by atoms with Crippen LogP contribution in [0.25, 0.3) is 0 Å². The zero-order valence-corrected chi connectivity index (χ0v) is 29.9. The summed E-state index contributed by atoms with van der Waals surface area (Å²) in [4.78, 5) is 85.5. The van der Waals surface area contributed by atoms with Crippen molar-refractivity contribution in [1.29, 1.82) is 0 Å². The van der Waals surface area contributed by atoms with Crippen molar-refractivity contribution >= 4 is 53.5 Å². The van der Waals surface area contributed by atoms with Gasteiger partial charge in [0.25, 0.3) is 0 Å². The topological polar surface area (TPSA) is 212 Å². The van der Waals surface area contributed by atoms with Crippen molar-refractivity contribution in [3.8, 4) is 0 Å². The van der Waals surface area contributed by atoms with Crippen LogP contribution < -0.4 is 0 Å². The van der Waals surface area contributed by atoms with Gasteiger partial charge in [-0.15, -0.1) is 11.8 Å². The van der Waals surface area contributed by atoms with Crippen LogP contribution in [0.3, 0.4) is 0 Å². The molecule has 0 aliphatic carbocycles. The second-order valence-corrected chi connectivity index (χ2v) is 12.7. The van der Waals surface area contributed by atoms with Gasteiger partial charge < -0.3 is 47.4 Å². The lowest BCUT2D eigenvalue weighted by atomic mass is 9.99. The highest BCUT2D eigenvalue weighted by Crippen LogP contribution is 2.42. The molecule has 18 heteroatoms. The molecule has 17 nitrogen and oxygen atoms in total. The van der Waals surface area contributed by atoms with Gasteiger partial charge in [0, 0.05) is 48.5 Å². The van der Waals surface area contributed by atoms with Crippen LogP contribution >= 0.6 is 11.8 Å². The standard InChI is InChI=1S/C33H42O17S/c1-16(34)41-14-24-27(45-19(4)37)29(47-21(6)39)31(32(49-24)43-13-23-11-9-8-10-12-23)51-33-30(48-22(7)40)28(46-20(5)38)26(44-18(3)36)25(50-33)15-42-17(2)35/h8-12,24-33H,13-15H2,1-7H3. The maximum atomic E-state index is 12.6. The molecule has 0 aromatic heterocycles. The van der Waals surface area contributed by atoms with Gasteiger partial charge in [-0.25, -0.2) is 0 Å². The van der Waals surface area contributed by atoms with Crippen LogP contribution in [0.2, 0.25) is 0 Å². The fraction of sp³-hybridized carbons (Fsp3) is 0.606. The Morgan fingerprint density at radius 2 is 0.980 bits per heavy atom. The SMILES string of the molecule is CC(=O)OCC1OC(SC2C(OCc3ccccc3)OC(COC(C)=O)C(OC(C)=O)C2OC(C)=O)C(OC(C)=O)C(OC(C)=O)C1OC(C)=O. The molecule has 10 atom stereocenters. The zero-order chi connectivity index (χ0) is 37.8. The number of ether oxygens (including phenoxy) is 10. The Bertz CT molecular complexity index is 1400. The third-order valence-electron chi connectivity index (χ3n) is 7.14. The van der Waals surface area contributed by atoms with Crippen LogP contribution in [0.5, 0.6) is 0 Å². The third kappa shape index (κ3) is 12.8. The van der Waals surface area contributed by atoms with Crippen LogP contribution in [-0.2, 0) is 87.5 Å². The minimum atomic E-state index is -1.50. The lowest BCUT2D eigenvalue weighted by molar-refractivity contribution is -0.266. The van der Waals surface area contributed by atoms with Gasteiger partial charge in [-0.2, -0.15) is 0 Å². The van der Waals surface area contributed by atoms with E-state index in [2.05, 4.69) is 0 Å². The summed E-state index contributed by atoms with van der Waals surface area (Å²) in [6.07, 6.45) is -11.0. The van der Waals surface area contributed by atoms with Crippen LogP contribution in [0.1, 0.15) is 54.0 Å². The predicted molar refractivity (Wildman–Crippen MR) is 171 cm³/mol. The second-order valence-electron chi connectivity index (χ2n) is 11.5. The van der Waals surface area contributed by atoms with Gasteiger partial charge in [-0.1, -0.05) is 30.3 Å². The minimum Gasteiger partial charge on any atom is -0.463 e. The predicted octanol–water partition coefficient (Wildman–Crippen LogP) is 1.54. The van der Waals surface area contributed by atoms with Crippen LogP contribution in [0, 0.1) is 0 Å². The molecule has 10 unspecified atom stereocenters. The molecule has 0 N–H and O–H groups in total. The molecule has 51 heavy (non-hydrogen) atoms. The van der Waals surface area contributed by atoms with Crippen molar-refractivity contribution in [3.05, 3.63) is 35.9 Å². The molecule has 2 saturated heterocycles. The number of hydrogen-bond donors (Lipinski definition) is 0. The molecule has 2 aliphatic rings. The molecule has 0 saturated carbocycles. The first kappa shape index (κ1) is 41.2. The Kier molecular flexibility index (Phi) is 15.6. The maximum Gasteiger partial charge on any atom is 0.303 e. The Hall–Kier alpha value is -4.26. The first-order valence-corrected chi connectivity index (χ1v) is 16.7. The van der Waals surface area contributed by atoms with E-state index in [-0.39, 0.29) is 6.61 Å². The first-order valence-electron chi connectivity index (χ1n) is 15.8. The van der Waals surface area contributed by atoms with E-state index < -0.39 is 115 Å². The van der Waals surface area contributed by atoms with E-state index in [4.69, 9.17) is 47.4 Å². The number of benzene rings is 1. The normalized spacial score (nSPS) is 28.7. The van der Waals surface area contributed by atoms with Crippen LogP contribution in [-0.4, -0.2) is 115 Å². The molecular formula is C33H42O17S. The summed E-state index contributed by atoms with van der Waals surface area (Å²) in [5.41, 5.74) is -0.636. The molecule has 0 radical (unpaired) electrons. The first-order chi connectivity index (χ1) is 24.0. The largest absolute Gasteiger partial charge is 0.463 e. The van der Waals surface area contributed by atoms with E-state index in [1.165, 1.54) is 6.92 Å². The molecular weight excluding hydrogens is 700 g/mol. The Labute approximate surface area is 298 Å². The summed E-state index contributed by atoms with van der Waals surface area (Å²) in [6, 6.07) is 8.94. The lowest BCUT2D eigenvalue weighted by Gasteiger charge is -2.48. The van der Waals surface area contributed by atoms with Crippen molar-refractivity contribution in [2.75, 3.05) is 13.2 Å². The van der Waals surface area contributed by atoms with Gasteiger partial charge in [-0.05, 0) is 5.56 Å². The van der Waals surface area contributed by atoms with Crippen molar-refractivity contribution in [2.24, 2.45) is 0 Å². The van der Waals surface area contributed by atoms with Gasteiger partial charge in [0.15, 0.2) is 36.8 Å². The lowest BCUT2D eigenvalue weighted by Crippen LogP contribution is -2.64. The fourth-order valence-corrected chi connectivity index (χ4v) is 6.87. The van der Waals surface area contributed by atoms with E-state index in [1.807, 2.05) is 0 Å². The number of esters is 7. The Morgan fingerprint density at radius 3 is 1.47 bits per heavy atom. The number of thioether (sulfide) groups is 1. The van der Waals surface area contributed by atoms with Gasteiger partial charge in [0.2, 0.25) is 0 Å². The zero-order valence-electron chi connectivity index (χ0n) is 29.1. The average Bonchev–Trinajstić information content (AvgIpc) is 3.02. The molecule has 3 rings (SSSR count). The number of carbonyl (C=O) groups is 7. The Morgan fingerprint density at radius 1 is 0.549 bits per heavy atom. The maximum absolute atomic E-state index is 12.6. The van der Waals surface area contributed by atoms with E-state index in [0.717, 1.165) is 58.9 Å². The summed E-state index contributed by atoms with van der Waals surface area (Å²) >= 11 is 0.834. The van der Waals surface area contributed by atoms with E-state index in [9.17, 15) is 33.6 Å². The number of carbonyl (C=O) groups excluding carboxylic acids is 7. The number of rotatable bonds is 14.